The largest absolute Gasteiger partial charge is 0.496 e. The third-order valence-corrected chi connectivity index (χ3v) is 4.83. The van der Waals surface area contributed by atoms with Crippen LogP contribution in [-0.4, -0.2) is 34.2 Å². The molecule has 0 radical (unpaired) electrons. The van der Waals surface area contributed by atoms with E-state index in [9.17, 15) is 4.79 Å². The van der Waals surface area contributed by atoms with Gasteiger partial charge in [0.1, 0.15) is 5.65 Å². The summed E-state index contributed by atoms with van der Waals surface area (Å²) in [5, 5.41) is 3.78. The Bertz CT molecular complexity index is 754. The van der Waals surface area contributed by atoms with E-state index < -0.39 is 18.3 Å². The van der Waals surface area contributed by atoms with Crippen LogP contribution in [-0.2, 0) is 14.1 Å². The Hall–Kier alpha value is -1.86. The van der Waals surface area contributed by atoms with E-state index in [1.807, 2.05) is 40.7 Å². The summed E-state index contributed by atoms with van der Waals surface area (Å²) in [7, 11) is -0.471. The van der Waals surface area contributed by atoms with E-state index in [2.05, 4.69) is 15.3 Å². The van der Waals surface area contributed by atoms with Crippen LogP contribution >= 0.6 is 0 Å². The van der Waals surface area contributed by atoms with Gasteiger partial charge in [0.25, 0.3) is 0 Å². The number of pyridine rings is 1. The molecule has 0 atom stereocenters. The van der Waals surface area contributed by atoms with Gasteiger partial charge in [-0.2, -0.15) is 0 Å². The molecule has 3 heterocycles. The van der Waals surface area contributed by atoms with Crippen LogP contribution in [0.15, 0.2) is 18.5 Å². The van der Waals surface area contributed by atoms with Crippen LogP contribution in [0.4, 0.5) is 5.69 Å². The minimum atomic E-state index is -0.471. The van der Waals surface area contributed by atoms with Crippen molar-refractivity contribution in [3.63, 3.8) is 0 Å². The van der Waals surface area contributed by atoms with Crippen LogP contribution in [0.3, 0.4) is 0 Å². The van der Waals surface area contributed by atoms with E-state index in [1.54, 1.807) is 12.4 Å². The molecule has 0 bridgehead atoms. The van der Waals surface area contributed by atoms with Gasteiger partial charge in [-0.15, -0.1) is 0 Å². The Morgan fingerprint density at radius 1 is 1.29 bits per heavy atom. The topological polar surface area (TPSA) is 76.2 Å². The predicted octanol–water partition coefficient (Wildman–Crippen LogP) is 2.60. The van der Waals surface area contributed by atoms with Gasteiger partial charge >= 0.3 is 7.12 Å². The molecular weight excluding hydrogens is 305 g/mol. The molecule has 0 unspecified atom stereocenters. The lowest BCUT2D eigenvalue weighted by Gasteiger charge is -2.32. The summed E-state index contributed by atoms with van der Waals surface area (Å²) in [6.07, 6.45) is 4.82. The molecule has 2 aromatic rings. The molecule has 0 saturated carbocycles. The van der Waals surface area contributed by atoms with E-state index in [1.165, 1.54) is 0 Å². The Morgan fingerprint density at radius 2 is 1.96 bits per heavy atom. The van der Waals surface area contributed by atoms with Crippen molar-refractivity contribution < 1.29 is 14.1 Å². The first-order valence-corrected chi connectivity index (χ1v) is 8.36. The molecule has 1 fully saturated rings. The highest BCUT2D eigenvalue weighted by molar-refractivity contribution is 6.62. The number of nitrogens with one attached hydrogen (secondary N) is 2. The minimum absolute atomic E-state index is 0.000522. The maximum atomic E-state index is 11.9. The molecule has 1 saturated heterocycles. The number of carbonyl (C=O) groups is 1. The summed E-state index contributed by atoms with van der Waals surface area (Å²) in [6, 6.07) is 1.96. The van der Waals surface area contributed by atoms with Crippen molar-refractivity contribution in [1.29, 1.82) is 0 Å². The second kappa shape index (κ2) is 5.90. The Morgan fingerprint density at radius 3 is 2.58 bits per heavy atom. The van der Waals surface area contributed by atoms with E-state index in [-0.39, 0.29) is 5.91 Å². The van der Waals surface area contributed by atoms with E-state index in [4.69, 9.17) is 9.31 Å². The second-order valence-corrected chi connectivity index (χ2v) is 7.25. The number of rotatable bonds is 4. The maximum Gasteiger partial charge on any atom is 0.496 e. The first-order valence-electron chi connectivity index (χ1n) is 8.36. The van der Waals surface area contributed by atoms with Crippen molar-refractivity contribution in [2.45, 2.75) is 58.7 Å². The molecule has 2 aromatic heterocycles. The fraction of sp³-hybridized carbons (Fsp3) is 0.529. The average Bonchev–Trinajstić information content (AvgIpc) is 2.97. The van der Waals surface area contributed by atoms with Crippen LogP contribution in [0, 0.1) is 0 Å². The van der Waals surface area contributed by atoms with Crippen LogP contribution in [0.2, 0.25) is 0 Å². The molecule has 1 amide bonds. The first-order chi connectivity index (χ1) is 11.2. The van der Waals surface area contributed by atoms with Crippen molar-refractivity contribution in [3.05, 3.63) is 18.5 Å². The SMILES string of the molecule is CCCC(=O)Nc1c[nH]c2ncc(B3OC(C)(C)C(C)(C)O3)cc12. The van der Waals surface area contributed by atoms with E-state index in [0.29, 0.717) is 6.42 Å². The lowest BCUT2D eigenvalue weighted by Crippen LogP contribution is -2.41. The molecular formula is C17H24BN3O3. The molecule has 1 aliphatic heterocycles. The molecule has 2 N–H and O–H groups in total. The zero-order chi connectivity index (χ0) is 17.5. The van der Waals surface area contributed by atoms with Crippen LogP contribution in [0.5, 0.6) is 0 Å². The normalized spacial score (nSPS) is 19.0. The Kier molecular flexibility index (Phi) is 4.17. The van der Waals surface area contributed by atoms with Gasteiger partial charge in [-0.3, -0.25) is 4.79 Å². The average molecular weight is 329 g/mol. The number of aromatic amines is 1. The van der Waals surface area contributed by atoms with Crippen molar-refractivity contribution in [2.75, 3.05) is 5.32 Å². The van der Waals surface area contributed by atoms with E-state index in [0.717, 1.165) is 28.6 Å². The summed E-state index contributed by atoms with van der Waals surface area (Å²) in [4.78, 5) is 19.4. The molecule has 0 spiro atoms. The third-order valence-electron chi connectivity index (χ3n) is 4.83. The zero-order valence-corrected chi connectivity index (χ0v) is 14.9. The van der Waals surface area contributed by atoms with Gasteiger partial charge in [0.05, 0.1) is 16.9 Å². The fourth-order valence-corrected chi connectivity index (χ4v) is 2.67. The molecule has 3 rings (SSSR count). The summed E-state index contributed by atoms with van der Waals surface area (Å²) < 4.78 is 12.2. The molecule has 6 nitrogen and oxygen atoms in total. The predicted molar refractivity (Wildman–Crippen MR) is 95.3 cm³/mol. The van der Waals surface area contributed by atoms with Crippen molar-refractivity contribution >= 4 is 35.2 Å². The van der Waals surface area contributed by atoms with Crippen molar-refractivity contribution in [3.8, 4) is 0 Å². The number of amides is 1. The summed E-state index contributed by atoms with van der Waals surface area (Å²) in [5.74, 6) is -0.000522. The highest BCUT2D eigenvalue weighted by atomic mass is 16.7. The molecule has 128 valence electrons. The number of nitrogens with zero attached hydrogens (tertiary/aromatic N) is 1. The molecule has 1 aliphatic rings. The Labute approximate surface area is 142 Å². The number of aromatic nitrogens is 2. The van der Waals surface area contributed by atoms with Crippen molar-refractivity contribution in [1.82, 2.24) is 9.97 Å². The smallest absolute Gasteiger partial charge is 0.399 e. The van der Waals surface area contributed by atoms with Gasteiger partial charge < -0.3 is 19.6 Å². The maximum absolute atomic E-state index is 11.9. The monoisotopic (exact) mass is 329 g/mol. The van der Waals surface area contributed by atoms with Gasteiger partial charge in [-0.1, -0.05) is 6.92 Å². The molecule has 0 aliphatic carbocycles. The van der Waals surface area contributed by atoms with Gasteiger partial charge in [-0.05, 0) is 40.2 Å². The highest BCUT2D eigenvalue weighted by Gasteiger charge is 2.51. The molecule has 7 heteroatoms. The van der Waals surface area contributed by atoms with Gasteiger partial charge in [0.2, 0.25) is 5.91 Å². The number of hydrogen-bond donors (Lipinski definition) is 2. The Balaban J connectivity index is 1.90. The van der Waals surface area contributed by atoms with Crippen LogP contribution in [0.25, 0.3) is 11.0 Å². The summed E-state index contributed by atoms with van der Waals surface area (Å²) in [6.45, 7) is 10.1. The number of H-pyrrole nitrogens is 1. The third kappa shape index (κ3) is 2.94. The second-order valence-electron chi connectivity index (χ2n) is 7.25. The molecule has 0 aromatic carbocycles. The lowest BCUT2D eigenvalue weighted by molar-refractivity contribution is -0.116. The number of hydrogen-bond acceptors (Lipinski definition) is 4. The quantitative estimate of drug-likeness (QED) is 0.846. The van der Waals surface area contributed by atoms with Crippen LogP contribution in [0.1, 0.15) is 47.5 Å². The van der Waals surface area contributed by atoms with Gasteiger partial charge in [0, 0.05) is 29.7 Å². The van der Waals surface area contributed by atoms with Gasteiger partial charge in [0.15, 0.2) is 0 Å². The highest BCUT2D eigenvalue weighted by Crippen LogP contribution is 2.36. The van der Waals surface area contributed by atoms with Crippen LogP contribution < -0.4 is 10.8 Å². The van der Waals surface area contributed by atoms with E-state index >= 15 is 0 Å². The lowest BCUT2D eigenvalue weighted by atomic mass is 9.80. The summed E-state index contributed by atoms with van der Waals surface area (Å²) >= 11 is 0. The molecule has 24 heavy (non-hydrogen) atoms. The number of anilines is 1. The minimum Gasteiger partial charge on any atom is -0.399 e. The number of carbonyl (C=O) groups excluding carboxylic acids is 1. The standard InChI is InChI=1S/C17H24BN3O3/c1-6-7-14(22)21-13-10-20-15-12(13)8-11(9-19-15)18-23-16(2,3)17(4,5)24-18/h8-10H,6-7H2,1-5H3,(H,19,20)(H,21,22). The summed E-state index contributed by atoms with van der Waals surface area (Å²) in [5.41, 5.74) is 1.49. The van der Waals surface area contributed by atoms with Crippen molar-refractivity contribution in [2.24, 2.45) is 0 Å². The van der Waals surface area contributed by atoms with Gasteiger partial charge in [-0.25, -0.2) is 4.98 Å². The fourth-order valence-electron chi connectivity index (χ4n) is 2.67. The zero-order valence-electron chi connectivity index (χ0n) is 14.9. The number of fused-ring (bicyclic) bond motifs is 1. The first kappa shape index (κ1) is 17.0.